The Morgan fingerprint density at radius 2 is 1.62 bits per heavy atom. The van der Waals surface area contributed by atoms with Crippen LogP contribution >= 0.6 is 46.4 Å². The zero-order valence-corrected chi connectivity index (χ0v) is 17.3. The molecule has 0 aliphatic carbocycles. The summed E-state index contributed by atoms with van der Waals surface area (Å²) in [5.74, 6) is -0.530. The van der Waals surface area contributed by atoms with E-state index in [1.54, 1.807) is 24.3 Å². The van der Waals surface area contributed by atoms with E-state index >= 15 is 0 Å². The summed E-state index contributed by atoms with van der Waals surface area (Å²) in [6.07, 6.45) is 0.965. The van der Waals surface area contributed by atoms with Gasteiger partial charge in [-0.15, -0.1) is 0 Å². The number of halogens is 4. The first kappa shape index (κ1) is 21.1. The fourth-order valence-corrected chi connectivity index (χ4v) is 3.86. The summed E-state index contributed by atoms with van der Waals surface area (Å²) in [7, 11) is -3.80. The average Bonchev–Trinajstić information content (AvgIpc) is 2.54. The molecule has 140 valence electrons. The number of benzene rings is 2. The molecule has 0 saturated heterocycles. The Balaban J connectivity index is 2.20. The van der Waals surface area contributed by atoms with Crippen LogP contribution in [0.25, 0.3) is 0 Å². The third-order valence-electron chi connectivity index (χ3n) is 3.38. The zero-order valence-electron chi connectivity index (χ0n) is 13.5. The summed E-state index contributed by atoms with van der Waals surface area (Å²) >= 11 is 23.9. The average molecular weight is 456 g/mol. The quantitative estimate of drug-likeness (QED) is 0.657. The number of nitrogens with zero attached hydrogens (tertiary/aromatic N) is 1. The highest BCUT2D eigenvalue weighted by Gasteiger charge is 2.24. The summed E-state index contributed by atoms with van der Waals surface area (Å²) in [5.41, 5.74) is 0.775. The Kier molecular flexibility index (Phi) is 7.05. The molecule has 1 N–H and O–H groups in total. The molecule has 2 aromatic rings. The number of hydrogen-bond donors (Lipinski definition) is 1. The van der Waals surface area contributed by atoms with E-state index in [4.69, 9.17) is 46.4 Å². The third kappa shape index (κ3) is 5.41. The fraction of sp³-hybridized carbons (Fsp3) is 0.188. The summed E-state index contributed by atoms with van der Waals surface area (Å²) < 4.78 is 25.1. The largest absolute Gasteiger partial charge is 0.350 e. The number of anilines is 1. The molecule has 0 radical (unpaired) electrons. The van der Waals surface area contributed by atoms with Gasteiger partial charge in [-0.25, -0.2) is 8.42 Å². The minimum atomic E-state index is -3.80. The van der Waals surface area contributed by atoms with E-state index in [2.05, 4.69) is 5.32 Å². The van der Waals surface area contributed by atoms with Crippen molar-refractivity contribution in [1.29, 1.82) is 0 Å². The summed E-state index contributed by atoms with van der Waals surface area (Å²) in [6, 6.07) is 9.63. The van der Waals surface area contributed by atoms with Crippen LogP contribution in [0.5, 0.6) is 0 Å². The molecule has 0 bridgehead atoms. The van der Waals surface area contributed by atoms with Crippen molar-refractivity contribution in [2.75, 3.05) is 17.1 Å². The van der Waals surface area contributed by atoms with Crippen molar-refractivity contribution >= 4 is 68.0 Å². The Morgan fingerprint density at radius 3 is 2.23 bits per heavy atom. The number of sulfonamides is 1. The van der Waals surface area contributed by atoms with E-state index in [1.807, 2.05) is 0 Å². The normalized spacial score (nSPS) is 11.3. The van der Waals surface area contributed by atoms with Crippen LogP contribution in [0.2, 0.25) is 20.1 Å². The molecule has 2 aromatic carbocycles. The molecule has 0 spiro atoms. The Labute approximate surface area is 171 Å². The molecule has 26 heavy (non-hydrogen) atoms. The maximum atomic E-state index is 12.3. The monoisotopic (exact) mass is 454 g/mol. The van der Waals surface area contributed by atoms with Gasteiger partial charge in [0, 0.05) is 11.6 Å². The van der Waals surface area contributed by atoms with Gasteiger partial charge >= 0.3 is 0 Å². The number of carbonyl (C=O) groups excluding carboxylic acids is 1. The topological polar surface area (TPSA) is 66.5 Å². The molecule has 0 fully saturated rings. The van der Waals surface area contributed by atoms with Gasteiger partial charge in [0.2, 0.25) is 15.9 Å². The third-order valence-corrected chi connectivity index (χ3v) is 5.90. The summed E-state index contributed by atoms with van der Waals surface area (Å²) in [5, 5.41) is 3.48. The van der Waals surface area contributed by atoms with Gasteiger partial charge in [-0.2, -0.15) is 0 Å². The Morgan fingerprint density at radius 1 is 1.00 bits per heavy atom. The highest BCUT2D eigenvalue weighted by molar-refractivity contribution is 7.92. The second kappa shape index (κ2) is 8.67. The Hall–Kier alpha value is -1.18. The molecule has 1 amide bonds. The number of nitrogens with one attached hydrogen (secondary N) is 1. The zero-order chi connectivity index (χ0) is 19.5. The maximum absolute atomic E-state index is 12.3. The van der Waals surface area contributed by atoms with Gasteiger partial charge in [0.1, 0.15) is 6.54 Å². The van der Waals surface area contributed by atoms with E-state index < -0.39 is 22.5 Å². The molecule has 0 saturated carbocycles. The van der Waals surface area contributed by atoms with Gasteiger partial charge in [0.25, 0.3) is 0 Å². The second-order valence-corrected chi connectivity index (χ2v) is 8.89. The van der Waals surface area contributed by atoms with Crippen molar-refractivity contribution < 1.29 is 13.2 Å². The standard InChI is InChI=1S/C16H14Cl4N2O3S/c1-26(24,25)22(15-7-13(19)12(18)6-14(15)20)9-16(23)21-8-10-4-2-3-5-11(10)17/h2-7H,8-9H2,1H3,(H,21,23). The van der Waals surface area contributed by atoms with Gasteiger partial charge in [0.05, 0.1) is 27.0 Å². The minimum Gasteiger partial charge on any atom is -0.350 e. The van der Waals surface area contributed by atoms with E-state index in [-0.39, 0.29) is 27.3 Å². The molecule has 0 heterocycles. The lowest BCUT2D eigenvalue weighted by atomic mass is 10.2. The molecule has 10 heteroatoms. The fourth-order valence-electron chi connectivity index (χ4n) is 2.11. The van der Waals surface area contributed by atoms with Crippen LogP contribution in [0.15, 0.2) is 36.4 Å². The van der Waals surface area contributed by atoms with Crippen molar-refractivity contribution in [3.8, 4) is 0 Å². The molecular formula is C16H14Cl4N2O3S. The van der Waals surface area contributed by atoms with Crippen molar-refractivity contribution in [3.63, 3.8) is 0 Å². The van der Waals surface area contributed by atoms with Gasteiger partial charge in [0.15, 0.2) is 0 Å². The van der Waals surface area contributed by atoms with Gasteiger partial charge in [-0.05, 0) is 23.8 Å². The molecule has 0 atom stereocenters. The SMILES string of the molecule is CS(=O)(=O)N(CC(=O)NCc1ccccc1Cl)c1cc(Cl)c(Cl)cc1Cl. The van der Waals surface area contributed by atoms with Crippen LogP contribution in [0.4, 0.5) is 5.69 Å². The molecular weight excluding hydrogens is 442 g/mol. The Bertz CT molecular complexity index is 935. The van der Waals surface area contributed by atoms with E-state index in [9.17, 15) is 13.2 Å². The number of carbonyl (C=O) groups is 1. The molecule has 0 aliphatic rings. The van der Waals surface area contributed by atoms with Crippen LogP contribution in [-0.2, 0) is 21.4 Å². The molecule has 5 nitrogen and oxygen atoms in total. The number of rotatable bonds is 6. The van der Waals surface area contributed by atoms with Crippen LogP contribution in [-0.4, -0.2) is 27.1 Å². The lowest BCUT2D eigenvalue weighted by Crippen LogP contribution is -2.40. The maximum Gasteiger partial charge on any atom is 0.241 e. The van der Waals surface area contributed by atoms with E-state index in [0.29, 0.717) is 10.6 Å². The van der Waals surface area contributed by atoms with Crippen LogP contribution in [0.3, 0.4) is 0 Å². The number of hydrogen-bond acceptors (Lipinski definition) is 3. The minimum absolute atomic E-state index is 0.0590. The van der Waals surface area contributed by atoms with Crippen LogP contribution < -0.4 is 9.62 Å². The first-order chi connectivity index (χ1) is 12.1. The van der Waals surface area contributed by atoms with E-state index in [1.165, 1.54) is 12.1 Å². The molecule has 0 aliphatic heterocycles. The van der Waals surface area contributed by atoms with Crippen molar-refractivity contribution in [1.82, 2.24) is 5.32 Å². The first-order valence-electron chi connectivity index (χ1n) is 7.22. The van der Waals surface area contributed by atoms with Gasteiger partial charge in [-0.1, -0.05) is 64.6 Å². The van der Waals surface area contributed by atoms with Gasteiger partial charge in [-0.3, -0.25) is 9.10 Å². The first-order valence-corrected chi connectivity index (χ1v) is 10.6. The summed E-state index contributed by atoms with van der Waals surface area (Å²) in [4.78, 5) is 12.3. The predicted octanol–water partition coefficient (Wildman–Crippen LogP) is 4.38. The van der Waals surface area contributed by atoms with Crippen LogP contribution in [0, 0.1) is 0 Å². The highest BCUT2D eigenvalue weighted by atomic mass is 35.5. The lowest BCUT2D eigenvalue weighted by molar-refractivity contribution is -0.119. The smallest absolute Gasteiger partial charge is 0.241 e. The van der Waals surface area contributed by atoms with Crippen LogP contribution in [0.1, 0.15) is 5.56 Å². The molecule has 0 aromatic heterocycles. The highest BCUT2D eigenvalue weighted by Crippen LogP contribution is 2.35. The second-order valence-electron chi connectivity index (χ2n) is 5.36. The van der Waals surface area contributed by atoms with Crippen molar-refractivity contribution in [2.45, 2.75) is 6.54 Å². The van der Waals surface area contributed by atoms with Gasteiger partial charge < -0.3 is 5.32 Å². The van der Waals surface area contributed by atoms with Crippen molar-refractivity contribution in [2.24, 2.45) is 0 Å². The lowest BCUT2D eigenvalue weighted by Gasteiger charge is -2.23. The molecule has 2 rings (SSSR count). The molecule has 0 unspecified atom stereocenters. The van der Waals surface area contributed by atoms with Crippen molar-refractivity contribution in [3.05, 3.63) is 62.1 Å². The summed E-state index contributed by atoms with van der Waals surface area (Å²) in [6.45, 7) is -0.313. The van der Waals surface area contributed by atoms with E-state index in [0.717, 1.165) is 10.6 Å². The number of amides is 1. The predicted molar refractivity (Wildman–Crippen MR) is 107 cm³/mol.